The van der Waals surface area contributed by atoms with E-state index in [1.54, 1.807) is 0 Å². The topological polar surface area (TPSA) is 46.9 Å². The fraction of sp³-hybridized carbons (Fsp3) is 0.273. The quantitative estimate of drug-likeness (QED) is 0.867. The van der Waals surface area contributed by atoms with Crippen molar-refractivity contribution in [3.63, 3.8) is 0 Å². The van der Waals surface area contributed by atoms with Crippen LogP contribution in [-0.4, -0.2) is 22.5 Å². The van der Waals surface area contributed by atoms with Gasteiger partial charge in [0, 0.05) is 13.1 Å². The number of nitrogens with one attached hydrogen (secondary N) is 1. The SMILES string of the molecule is CNC(=O)Cn1c(CCl)nc2c(F)cc(F)cc21. The van der Waals surface area contributed by atoms with Gasteiger partial charge in [0.25, 0.3) is 0 Å². The van der Waals surface area contributed by atoms with Gasteiger partial charge in [0.05, 0.1) is 11.4 Å². The highest BCUT2D eigenvalue weighted by Crippen LogP contribution is 2.21. The highest BCUT2D eigenvalue weighted by molar-refractivity contribution is 6.16. The molecule has 0 saturated carbocycles. The molecule has 7 heteroatoms. The molecule has 1 aromatic carbocycles. The van der Waals surface area contributed by atoms with Crippen LogP contribution in [0.4, 0.5) is 8.78 Å². The highest BCUT2D eigenvalue weighted by Gasteiger charge is 2.16. The molecule has 0 aliphatic heterocycles. The number of alkyl halides is 1. The van der Waals surface area contributed by atoms with E-state index >= 15 is 0 Å². The maximum absolute atomic E-state index is 13.5. The molecule has 2 aromatic rings. The van der Waals surface area contributed by atoms with E-state index in [1.807, 2.05) is 0 Å². The lowest BCUT2D eigenvalue weighted by Gasteiger charge is -2.06. The van der Waals surface area contributed by atoms with Gasteiger partial charge >= 0.3 is 0 Å². The van der Waals surface area contributed by atoms with Crippen LogP contribution >= 0.6 is 11.6 Å². The maximum atomic E-state index is 13.5. The number of hydrogen-bond acceptors (Lipinski definition) is 2. The summed E-state index contributed by atoms with van der Waals surface area (Å²) in [5, 5.41) is 2.43. The van der Waals surface area contributed by atoms with E-state index in [0.717, 1.165) is 12.1 Å². The molecule has 2 rings (SSSR count). The molecule has 0 aliphatic carbocycles. The van der Waals surface area contributed by atoms with Gasteiger partial charge in [-0.05, 0) is 6.07 Å². The first-order chi connectivity index (χ1) is 8.56. The van der Waals surface area contributed by atoms with E-state index in [1.165, 1.54) is 11.6 Å². The number of likely N-dealkylation sites (N-methyl/N-ethyl adjacent to an activating group) is 1. The second kappa shape index (κ2) is 4.89. The van der Waals surface area contributed by atoms with Crippen LogP contribution < -0.4 is 5.32 Å². The van der Waals surface area contributed by atoms with Crippen LogP contribution in [0.25, 0.3) is 11.0 Å². The van der Waals surface area contributed by atoms with Gasteiger partial charge in [-0.15, -0.1) is 11.6 Å². The summed E-state index contributed by atoms with van der Waals surface area (Å²) in [6.45, 7) is -0.0854. The number of carbonyl (C=O) groups excluding carboxylic acids is 1. The molecule has 0 radical (unpaired) electrons. The monoisotopic (exact) mass is 273 g/mol. The standard InChI is InChI=1S/C11H10ClF2N3O/c1-15-10(18)5-17-8-3-6(13)2-7(14)11(8)16-9(17)4-12/h2-3H,4-5H2,1H3,(H,15,18). The third-order valence-electron chi connectivity index (χ3n) is 2.55. The molecule has 0 fully saturated rings. The van der Waals surface area contributed by atoms with Crippen molar-refractivity contribution in [1.82, 2.24) is 14.9 Å². The number of halogens is 3. The van der Waals surface area contributed by atoms with Crippen molar-refractivity contribution < 1.29 is 13.6 Å². The van der Waals surface area contributed by atoms with Crippen molar-refractivity contribution >= 4 is 28.5 Å². The van der Waals surface area contributed by atoms with E-state index in [9.17, 15) is 13.6 Å². The molecule has 0 unspecified atom stereocenters. The van der Waals surface area contributed by atoms with Crippen molar-refractivity contribution in [2.45, 2.75) is 12.4 Å². The molecule has 1 amide bonds. The maximum Gasteiger partial charge on any atom is 0.239 e. The van der Waals surface area contributed by atoms with E-state index < -0.39 is 11.6 Å². The van der Waals surface area contributed by atoms with Crippen LogP contribution in [0.1, 0.15) is 5.82 Å². The fourth-order valence-electron chi connectivity index (χ4n) is 1.70. The molecule has 0 saturated heterocycles. The van der Waals surface area contributed by atoms with Crippen LogP contribution in [0.3, 0.4) is 0 Å². The van der Waals surface area contributed by atoms with Gasteiger partial charge in [-0.1, -0.05) is 0 Å². The van der Waals surface area contributed by atoms with Gasteiger partial charge in [-0.3, -0.25) is 4.79 Å². The minimum atomic E-state index is -0.771. The summed E-state index contributed by atoms with van der Waals surface area (Å²) in [5.41, 5.74) is 0.225. The summed E-state index contributed by atoms with van der Waals surface area (Å²) in [5.74, 6) is -1.47. The summed E-state index contributed by atoms with van der Waals surface area (Å²) >= 11 is 5.69. The summed E-state index contributed by atoms with van der Waals surface area (Å²) in [6, 6.07) is 1.88. The lowest BCUT2D eigenvalue weighted by Crippen LogP contribution is -2.24. The van der Waals surface area contributed by atoms with E-state index in [-0.39, 0.29) is 29.4 Å². The van der Waals surface area contributed by atoms with Crippen molar-refractivity contribution in [3.8, 4) is 0 Å². The second-order valence-electron chi connectivity index (χ2n) is 3.68. The van der Waals surface area contributed by atoms with Gasteiger partial charge in [0.1, 0.15) is 23.7 Å². The molecule has 0 spiro atoms. The molecule has 4 nitrogen and oxygen atoms in total. The second-order valence-corrected chi connectivity index (χ2v) is 3.94. The number of nitrogens with zero attached hydrogens (tertiary/aromatic N) is 2. The molecule has 0 bridgehead atoms. The Morgan fingerprint density at radius 2 is 2.22 bits per heavy atom. The minimum absolute atomic E-state index is 0.00668. The normalized spacial score (nSPS) is 10.9. The van der Waals surface area contributed by atoms with Gasteiger partial charge in [-0.2, -0.15) is 0 Å². The van der Waals surface area contributed by atoms with Gasteiger partial charge in [-0.25, -0.2) is 13.8 Å². The molecular weight excluding hydrogens is 264 g/mol. The first kappa shape index (κ1) is 12.8. The molecule has 1 heterocycles. The summed E-state index contributed by atoms with van der Waals surface area (Å²) in [4.78, 5) is 15.3. The van der Waals surface area contributed by atoms with Crippen LogP contribution in [0.15, 0.2) is 12.1 Å². The van der Waals surface area contributed by atoms with Crippen LogP contribution in [-0.2, 0) is 17.2 Å². The Balaban J connectivity index is 2.64. The highest BCUT2D eigenvalue weighted by atomic mass is 35.5. The first-order valence-electron chi connectivity index (χ1n) is 5.17. The lowest BCUT2D eigenvalue weighted by molar-refractivity contribution is -0.121. The Bertz CT molecular complexity index is 612. The third kappa shape index (κ3) is 2.15. The summed E-state index contributed by atoms with van der Waals surface area (Å²) < 4.78 is 28.1. The van der Waals surface area contributed by atoms with E-state index in [4.69, 9.17) is 11.6 Å². The van der Waals surface area contributed by atoms with Gasteiger partial charge in [0.2, 0.25) is 5.91 Å². The molecular formula is C11H10ClF2N3O. The first-order valence-corrected chi connectivity index (χ1v) is 5.71. The number of benzene rings is 1. The van der Waals surface area contributed by atoms with Crippen LogP contribution in [0.5, 0.6) is 0 Å². The van der Waals surface area contributed by atoms with Crippen molar-refractivity contribution in [2.24, 2.45) is 0 Å². The Labute approximate surface area is 107 Å². The molecule has 18 heavy (non-hydrogen) atoms. The number of fused-ring (bicyclic) bond motifs is 1. The lowest BCUT2D eigenvalue weighted by atomic mass is 10.3. The van der Waals surface area contributed by atoms with Gasteiger partial charge in [0.15, 0.2) is 5.82 Å². The van der Waals surface area contributed by atoms with E-state index in [0.29, 0.717) is 5.82 Å². The number of imidazole rings is 1. The van der Waals surface area contributed by atoms with Crippen LogP contribution in [0, 0.1) is 11.6 Å². The Kier molecular flexibility index (Phi) is 3.47. The Hall–Kier alpha value is -1.69. The van der Waals surface area contributed by atoms with Gasteiger partial charge < -0.3 is 9.88 Å². The number of hydrogen-bond donors (Lipinski definition) is 1. The van der Waals surface area contributed by atoms with Crippen molar-refractivity contribution in [2.75, 3.05) is 7.05 Å². The third-order valence-corrected chi connectivity index (χ3v) is 2.79. The smallest absolute Gasteiger partial charge is 0.239 e. The van der Waals surface area contributed by atoms with Crippen molar-refractivity contribution in [1.29, 1.82) is 0 Å². The van der Waals surface area contributed by atoms with E-state index in [2.05, 4.69) is 10.3 Å². The molecule has 96 valence electrons. The molecule has 1 N–H and O–H groups in total. The predicted octanol–water partition coefficient (Wildman–Crippen LogP) is 1.80. The number of rotatable bonds is 3. The Morgan fingerprint density at radius 3 is 2.83 bits per heavy atom. The minimum Gasteiger partial charge on any atom is -0.358 e. The predicted molar refractivity (Wildman–Crippen MR) is 63.3 cm³/mol. The zero-order chi connectivity index (χ0) is 13.3. The summed E-state index contributed by atoms with van der Waals surface area (Å²) in [7, 11) is 1.48. The van der Waals surface area contributed by atoms with Crippen molar-refractivity contribution in [3.05, 3.63) is 29.6 Å². The molecule has 0 aliphatic rings. The zero-order valence-corrected chi connectivity index (χ0v) is 10.3. The van der Waals surface area contributed by atoms with Crippen LogP contribution in [0.2, 0.25) is 0 Å². The zero-order valence-electron chi connectivity index (χ0n) is 9.51. The molecule has 1 aromatic heterocycles. The summed E-state index contributed by atoms with van der Waals surface area (Å²) in [6.07, 6.45) is 0. The molecule has 0 atom stereocenters. The largest absolute Gasteiger partial charge is 0.358 e. The average Bonchev–Trinajstić information content (AvgIpc) is 2.68. The number of aromatic nitrogens is 2. The Morgan fingerprint density at radius 1 is 1.50 bits per heavy atom. The number of carbonyl (C=O) groups is 1. The number of amides is 1. The average molecular weight is 274 g/mol. The fourth-order valence-corrected chi connectivity index (χ4v) is 1.90.